The van der Waals surface area contributed by atoms with Gasteiger partial charge in [0.1, 0.15) is 6.17 Å². The highest BCUT2D eigenvalue weighted by Gasteiger charge is 2.33. The number of nitrogens with one attached hydrogen (secondary N) is 1. The molecule has 11 heavy (non-hydrogen) atoms. The van der Waals surface area contributed by atoms with E-state index in [9.17, 15) is 9.50 Å². The van der Waals surface area contributed by atoms with Crippen molar-refractivity contribution in [1.82, 2.24) is 5.32 Å². The second-order valence-electron chi connectivity index (χ2n) is 3.06. The molecule has 1 saturated heterocycles. The van der Waals surface area contributed by atoms with Gasteiger partial charge >= 0.3 is 0 Å². The van der Waals surface area contributed by atoms with Gasteiger partial charge in [-0.25, -0.2) is 4.39 Å². The summed E-state index contributed by atoms with van der Waals surface area (Å²) in [6.45, 7) is 2.19. The highest BCUT2D eigenvalue weighted by molar-refractivity contribution is 4.86. The molecule has 2 unspecified atom stereocenters. The van der Waals surface area contributed by atoms with Crippen LogP contribution in [-0.4, -0.2) is 41.7 Å². The number of rotatable bonds is 1. The van der Waals surface area contributed by atoms with E-state index < -0.39 is 24.3 Å². The lowest BCUT2D eigenvalue weighted by molar-refractivity contribution is -0.0543. The summed E-state index contributed by atoms with van der Waals surface area (Å²) in [4.78, 5) is 0. The van der Waals surface area contributed by atoms with Gasteiger partial charge in [0, 0.05) is 19.0 Å². The predicted octanol–water partition coefficient (Wildman–Crippen LogP) is -0.714. The van der Waals surface area contributed by atoms with Crippen LogP contribution >= 0.6 is 0 Å². The molecule has 66 valence electrons. The van der Waals surface area contributed by atoms with Gasteiger partial charge in [-0.1, -0.05) is 0 Å². The van der Waals surface area contributed by atoms with E-state index in [0.717, 1.165) is 0 Å². The molecule has 1 aliphatic rings. The molecule has 0 bridgehead atoms. The van der Waals surface area contributed by atoms with Crippen molar-refractivity contribution >= 4 is 0 Å². The zero-order valence-corrected chi connectivity index (χ0v) is 6.50. The first-order valence-electron chi connectivity index (χ1n) is 3.84. The van der Waals surface area contributed by atoms with Gasteiger partial charge in [0.15, 0.2) is 0 Å². The van der Waals surface area contributed by atoms with Crippen molar-refractivity contribution < 1.29 is 14.6 Å². The zero-order valence-electron chi connectivity index (χ0n) is 6.50. The second kappa shape index (κ2) is 3.47. The summed E-state index contributed by atoms with van der Waals surface area (Å²) in [6, 6.07) is 0. The Morgan fingerprint density at radius 3 is 2.55 bits per heavy atom. The smallest absolute Gasteiger partial charge is 0.104 e. The van der Waals surface area contributed by atoms with Crippen LogP contribution in [0.5, 0.6) is 0 Å². The largest absolute Gasteiger partial charge is 0.390 e. The van der Waals surface area contributed by atoms with Crippen LogP contribution in [0.4, 0.5) is 4.39 Å². The van der Waals surface area contributed by atoms with Gasteiger partial charge in [0.2, 0.25) is 0 Å². The Morgan fingerprint density at radius 1 is 1.45 bits per heavy atom. The third kappa shape index (κ3) is 1.89. The first kappa shape index (κ1) is 8.90. The number of alkyl halides is 1. The van der Waals surface area contributed by atoms with Crippen molar-refractivity contribution in [2.75, 3.05) is 13.1 Å². The number of aliphatic hydroxyl groups excluding tert-OH is 2. The predicted molar refractivity (Wildman–Crippen MR) is 38.9 cm³/mol. The van der Waals surface area contributed by atoms with Gasteiger partial charge in [0.05, 0.1) is 12.2 Å². The van der Waals surface area contributed by atoms with Crippen LogP contribution in [0.2, 0.25) is 0 Å². The number of β-amino-alcohol motifs (C(OH)–C–C–N with tert-alkyl or cyclic N) is 1. The summed E-state index contributed by atoms with van der Waals surface area (Å²) in [6.07, 6.45) is -2.82. The van der Waals surface area contributed by atoms with Gasteiger partial charge in [-0.2, -0.15) is 0 Å². The Labute approximate surface area is 65.2 Å². The van der Waals surface area contributed by atoms with E-state index in [2.05, 4.69) is 5.32 Å². The number of piperidine rings is 1. The average Bonchev–Trinajstić information content (AvgIpc) is 1.94. The molecule has 0 spiro atoms. The molecule has 4 heteroatoms. The van der Waals surface area contributed by atoms with E-state index >= 15 is 0 Å². The van der Waals surface area contributed by atoms with Crippen LogP contribution in [0, 0.1) is 5.92 Å². The van der Waals surface area contributed by atoms with Crippen LogP contribution in [-0.2, 0) is 0 Å². The standard InChI is InChI=1S/C7H14FNO2/c1-4(8)5-2-9-3-6(10)7(5)11/h4-7,9-11H,2-3H2,1H3/t4?,5?,6-,7-/m1/s1. The molecule has 3 nitrogen and oxygen atoms in total. The Bertz CT molecular complexity index is 132. The van der Waals surface area contributed by atoms with Crippen molar-refractivity contribution in [3.8, 4) is 0 Å². The topological polar surface area (TPSA) is 52.5 Å². The summed E-state index contributed by atoms with van der Waals surface area (Å²) < 4.78 is 12.7. The number of hydrogen-bond donors (Lipinski definition) is 3. The number of aliphatic hydroxyl groups is 2. The number of halogens is 1. The average molecular weight is 163 g/mol. The molecule has 1 rings (SSSR count). The molecule has 0 aromatic heterocycles. The number of hydrogen-bond acceptors (Lipinski definition) is 3. The van der Waals surface area contributed by atoms with E-state index in [1.807, 2.05) is 0 Å². The van der Waals surface area contributed by atoms with E-state index in [-0.39, 0.29) is 0 Å². The monoisotopic (exact) mass is 163 g/mol. The summed E-state index contributed by atoms with van der Waals surface area (Å²) in [7, 11) is 0. The van der Waals surface area contributed by atoms with Crippen LogP contribution in [0.1, 0.15) is 6.92 Å². The van der Waals surface area contributed by atoms with Gasteiger partial charge in [-0.05, 0) is 6.92 Å². The molecule has 4 atom stereocenters. The maximum atomic E-state index is 12.7. The van der Waals surface area contributed by atoms with Gasteiger partial charge < -0.3 is 15.5 Å². The molecule has 0 radical (unpaired) electrons. The fourth-order valence-corrected chi connectivity index (χ4v) is 1.36. The Hall–Kier alpha value is -0.190. The molecule has 0 saturated carbocycles. The molecule has 1 fully saturated rings. The molecule has 0 aromatic rings. The Balaban J connectivity index is 2.51. The normalized spacial score (nSPS) is 42.0. The van der Waals surface area contributed by atoms with Crippen molar-refractivity contribution in [3.05, 3.63) is 0 Å². The molecular weight excluding hydrogens is 149 g/mol. The zero-order chi connectivity index (χ0) is 8.43. The second-order valence-corrected chi connectivity index (χ2v) is 3.06. The first-order chi connectivity index (χ1) is 5.13. The third-order valence-corrected chi connectivity index (χ3v) is 2.16. The van der Waals surface area contributed by atoms with Crippen LogP contribution < -0.4 is 5.32 Å². The fraction of sp³-hybridized carbons (Fsp3) is 1.00. The molecule has 1 heterocycles. The van der Waals surface area contributed by atoms with Crippen molar-refractivity contribution in [2.24, 2.45) is 5.92 Å². The van der Waals surface area contributed by atoms with Crippen molar-refractivity contribution in [1.29, 1.82) is 0 Å². The van der Waals surface area contributed by atoms with Gasteiger partial charge in [-0.3, -0.25) is 0 Å². The highest BCUT2D eigenvalue weighted by Crippen LogP contribution is 2.17. The maximum Gasteiger partial charge on any atom is 0.104 e. The molecule has 0 aliphatic carbocycles. The summed E-state index contributed by atoms with van der Waals surface area (Å²) >= 11 is 0. The first-order valence-corrected chi connectivity index (χ1v) is 3.84. The minimum Gasteiger partial charge on any atom is -0.390 e. The quantitative estimate of drug-likeness (QED) is 0.478. The van der Waals surface area contributed by atoms with E-state index in [4.69, 9.17) is 5.11 Å². The van der Waals surface area contributed by atoms with Crippen LogP contribution in [0.25, 0.3) is 0 Å². The molecular formula is C7H14FNO2. The van der Waals surface area contributed by atoms with Crippen LogP contribution in [0.15, 0.2) is 0 Å². The Morgan fingerprint density at radius 2 is 2.09 bits per heavy atom. The van der Waals surface area contributed by atoms with E-state index in [1.165, 1.54) is 6.92 Å². The minimum atomic E-state index is -1.08. The molecule has 1 aliphatic heterocycles. The molecule has 0 amide bonds. The SMILES string of the molecule is CC(F)C1CNC[C@@H](O)[C@@H]1O. The van der Waals surface area contributed by atoms with E-state index in [0.29, 0.717) is 13.1 Å². The molecule has 3 N–H and O–H groups in total. The van der Waals surface area contributed by atoms with Crippen molar-refractivity contribution in [3.63, 3.8) is 0 Å². The highest BCUT2D eigenvalue weighted by atomic mass is 19.1. The summed E-state index contributed by atoms with van der Waals surface area (Å²) in [5.74, 6) is -0.473. The summed E-state index contributed by atoms with van der Waals surface area (Å²) in [5.41, 5.74) is 0. The lowest BCUT2D eigenvalue weighted by atomic mass is 9.91. The lowest BCUT2D eigenvalue weighted by Crippen LogP contribution is -2.52. The summed E-state index contributed by atoms with van der Waals surface area (Å²) in [5, 5.41) is 21.2. The van der Waals surface area contributed by atoms with Crippen LogP contribution in [0.3, 0.4) is 0 Å². The van der Waals surface area contributed by atoms with Gasteiger partial charge in [-0.15, -0.1) is 0 Å². The van der Waals surface area contributed by atoms with Gasteiger partial charge in [0.25, 0.3) is 0 Å². The minimum absolute atomic E-state index is 0.352. The fourth-order valence-electron chi connectivity index (χ4n) is 1.36. The lowest BCUT2D eigenvalue weighted by Gasteiger charge is -2.33. The maximum absolute atomic E-state index is 12.7. The molecule has 0 aromatic carbocycles. The van der Waals surface area contributed by atoms with Crippen molar-refractivity contribution in [2.45, 2.75) is 25.3 Å². The van der Waals surface area contributed by atoms with E-state index in [1.54, 1.807) is 0 Å². The Kier molecular flexibility index (Phi) is 2.81. The third-order valence-electron chi connectivity index (χ3n) is 2.16.